The minimum absolute atomic E-state index is 0.337. The molecule has 0 amide bonds. The smallest absolute Gasteiger partial charge is 0.336 e. The number of furan rings is 1. The lowest BCUT2D eigenvalue weighted by atomic mass is 9.94. The van der Waals surface area contributed by atoms with E-state index in [0.29, 0.717) is 5.56 Å². The lowest BCUT2D eigenvalue weighted by Crippen LogP contribution is -2.24. The van der Waals surface area contributed by atoms with Crippen LogP contribution in [0.4, 0.5) is 0 Å². The molecule has 146 valence electrons. The number of hydrogen-bond donors (Lipinski definition) is 1. The summed E-state index contributed by atoms with van der Waals surface area (Å²) in [6.45, 7) is 6.66. The van der Waals surface area contributed by atoms with Crippen molar-refractivity contribution in [3.63, 3.8) is 0 Å². The van der Waals surface area contributed by atoms with Crippen LogP contribution in [0.3, 0.4) is 0 Å². The Morgan fingerprint density at radius 2 is 1.86 bits per heavy atom. The predicted octanol–water partition coefficient (Wildman–Crippen LogP) is 5.76. The standard InChI is InChI=1S/C24H27NO3/c1-3-4-13-25(17-20-9-7-14-28-20)16-19-11-12-22(24(26)27)23(15-19)21-10-6-5-8-18(21)2/h5-12,14-15H,3-4,13,16-17H2,1-2H3,(H,26,27). The maximum atomic E-state index is 11.8. The molecule has 0 spiro atoms. The van der Waals surface area contributed by atoms with Gasteiger partial charge in [-0.2, -0.15) is 0 Å². The van der Waals surface area contributed by atoms with Crippen LogP contribution in [0.1, 0.15) is 47.0 Å². The largest absolute Gasteiger partial charge is 0.478 e. The highest BCUT2D eigenvalue weighted by Gasteiger charge is 2.16. The summed E-state index contributed by atoms with van der Waals surface area (Å²) < 4.78 is 5.52. The van der Waals surface area contributed by atoms with Gasteiger partial charge in [-0.05, 0) is 66.4 Å². The van der Waals surface area contributed by atoms with E-state index in [9.17, 15) is 9.90 Å². The topological polar surface area (TPSA) is 53.7 Å². The first-order valence-corrected chi connectivity index (χ1v) is 9.75. The number of aryl methyl sites for hydroxylation is 1. The highest BCUT2D eigenvalue weighted by atomic mass is 16.4. The first-order chi connectivity index (χ1) is 13.6. The van der Waals surface area contributed by atoms with Crippen molar-refractivity contribution in [2.24, 2.45) is 0 Å². The zero-order valence-electron chi connectivity index (χ0n) is 16.5. The second-order valence-electron chi connectivity index (χ2n) is 7.14. The molecule has 2 aromatic carbocycles. The lowest BCUT2D eigenvalue weighted by Gasteiger charge is -2.22. The van der Waals surface area contributed by atoms with Crippen LogP contribution in [-0.2, 0) is 13.1 Å². The highest BCUT2D eigenvalue weighted by Crippen LogP contribution is 2.29. The molecule has 0 saturated carbocycles. The van der Waals surface area contributed by atoms with Gasteiger partial charge >= 0.3 is 5.97 Å². The number of carbonyl (C=O) groups is 1. The van der Waals surface area contributed by atoms with Crippen LogP contribution < -0.4 is 0 Å². The zero-order chi connectivity index (χ0) is 19.9. The molecule has 1 heterocycles. The van der Waals surface area contributed by atoms with Crippen molar-refractivity contribution in [3.05, 3.63) is 83.3 Å². The Morgan fingerprint density at radius 1 is 1.04 bits per heavy atom. The van der Waals surface area contributed by atoms with Crippen LogP contribution in [-0.4, -0.2) is 22.5 Å². The van der Waals surface area contributed by atoms with Crippen LogP contribution in [0.2, 0.25) is 0 Å². The number of carboxylic acid groups (broad SMARTS) is 1. The molecule has 0 bridgehead atoms. The third-order valence-corrected chi connectivity index (χ3v) is 4.94. The van der Waals surface area contributed by atoms with Gasteiger partial charge in [0.05, 0.1) is 18.4 Å². The second-order valence-corrected chi connectivity index (χ2v) is 7.14. The minimum atomic E-state index is -0.900. The summed E-state index contributed by atoms with van der Waals surface area (Å²) >= 11 is 0. The molecule has 4 nitrogen and oxygen atoms in total. The number of rotatable bonds is 9. The Hall–Kier alpha value is -2.85. The summed E-state index contributed by atoms with van der Waals surface area (Å²) in [7, 11) is 0. The molecule has 28 heavy (non-hydrogen) atoms. The van der Waals surface area contributed by atoms with Crippen LogP contribution in [0.25, 0.3) is 11.1 Å². The molecular weight excluding hydrogens is 350 g/mol. The fourth-order valence-corrected chi connectivity index (χ4v) is 3.45. The van der Waals surface area contributed by atoms with Crippen LogP contribution >= 0.6 is 0 Å². The molecule has 1 aromatic heterocycles. The van der Waals surface area contributed by atoms with Crippen molar-refractivity contribution in [1.29, 1.82) is 0 Å². The van der Waals surface area contributed by atoms with E-state index >= 15 is 0 Å². The van der Waals surface area contributed by atoms with Crippen LogP contribution in [0.15, 0.2) is 65.3 Å². The van der Waals surface area contributed by atoms with Crippen molar-refractivity contribution in [2.45, 2.75) is 39.8 Å². The molecule has 0 aliphatic carbocycles. The average Bonchev–Trinajstić information content (AvgIpc) is 3.19. The third-order valence-electron chi connectivity index (χ3n) is 4.94. The van der Waals surface area contributed by atoms with Gasteiger partial charge in [0, 0.05) is 6.54 Å². The maximum Gasteiger partial charge on any atom is 0.336 e. The monoisotopic (exact) mass is 377 g/mol. The van der Waals surface area contributed by atoms with E-state index in [1.807, 2.05) is 55.5 Å². The van der Waals surface area contributed by atoms with Gasteiger partial charge in [0.1, 0.15) is 5.76 Å². The first-order valence-electron chi connectivity index (χ1n) is 9.75. The highest BCUT2D eigenvalue weighted by molar-refractivity contribution is 5.96. The average molecular weight is 377 g/mol. The Balaban J connectivity index is 1.91. The van der Waals surface area contributed by atoms with Gasteiger partial charge in [-0.1, -0.05) is 43.7 Å². The fourth-order valence-electron chi connectivity index (χ4n) is 3.45. The Labute approximate surface area is 166 Å². The van der Waals surface area contributed by atoms with Crippen LogP contribution in [0, 0.1) is 6.92 Å². The molecule has 0 aliphatic rings. The van der Waals surface area contributed by atoms with Gasteiger partial charge in [-0.3, -0.25) is 4.90 Å². The van der Waals surface area contributed by atoms with Gasteiger partial charge in [0.2, 0.25) is 0 Å². The normalized spacial score (nSPS) is 11.1. The summed E-state index contributed by atoms with van der Waals surface area (Å²) in [6.07, 6.45) is 3.94. The summed E-state index contributed by atoms with van der Waals surface area (Å²) in [5, 5.41) is 9.66. The van der Waals surface area contributed by atoms with Gasteiger partial charge in [-0.25, -0.2) is 4.79 Å². The van der Waals surface area contributed by atoms with Crippen molar-refractivity contribution in [1.82, 2.24) is 4.90 Å². The summed E-state index contributed by atoms with van der Waals surface area (Å²) in [5.74, 6) is 0.0422. The molecule has 0 aliphatic heterocycles. The predicted molar refractivity (Wildman–Crippen MR) is 111 cm³/mol. The second kappa shape index (κ2) is 9.38. The molecule has 3 rings (SSSR count). The SMILES string of the molecule is CCCCN(Cc1ccc(C(=O)O)c(-c2ccccc2C)c1)Cc1ccco1. The van der Waals surface area contributed by atoms with Crippen molar-refractivity contribution < 1.29 is 14.3 Å². The lowest BCUT2D eigenvalue weighted by molar-refractivity contribution is 0.0697. The number of carboxylic acids is 1. The van der Waals surface area contributed by atoms with Crippen molar-refractivity contribution in [2.75, 3.05) is 6.54 Å². The van der Waals surface area contributed by atoms with E-state index in [1.165, 1.54) is 0 Å². The van der Waals surface area contributed by atoms with Gasteiger partial charge < -0.3 is 9.52 Å². The summed E-state index contributed by atoms with van der Waals surface area (Å²) in [5.41, 5.74) is 4.25. The fraction of sp³-hybridized carbons (Fsp3) is 0.292. The molecule has 0 radical (unpaired) electrons. The van der Waals surface area contributed by atoms with Gasteiger partial charge in [0.25, 0.3) is 0 Å². The molecule has 0 fully saturated rings. The van der Waals surface area contributed by atoms with E-state index in [2.05, 4.69) is 11.8 Å². The molecule has 3 aromatic rings. The van der Waals surface area contributed by atoms with Gasteiger partial charge in [-0.15, -0.1) is 0 Å². The molecule has 0 atom stereocenters. The van der Waals surface area contributed by atoms with E-state index < -0.39 is 5.97 Å². The minimum Gasteiger partial charge on any atom is -0.478 e. The Morgan fingerprint density at radius 3 is 2.54 bits per heavy atom. The summed E-state index contributed by atoms with van der Waals surface area (Å²) in [4.78, 5) is 14.1. The number of nitrogens with zero attached hydrogens (tertiary/aromatic N) is 1. The molecular formula is C24H27NO3. The quantitative estimate of drug-likeness (QED) is 0.515. The van der Waals surface area contributed by atoms with Crippen LogP contribution in [0.5, 0.6) is 0 Å². The number of hydrogen-bond acceptors (Lipinski definition) is 3. The Bertz CT molecular complexity index is 915. The van der Waals surface area contributed by atoms with Crippen molar-refractivity contribution >= 4 is 5.97 Å². The molecule has 0 unspecified atom stereocenters. The summed E-state index contributed by atoms with van der Waals surface area (Å²) in [6, 6.07) is 17.5. The van der Waals surface area contributed by atoms with Gasteiger partial charge in [0.15, 0.2) is 0 Å². The van der Waals surface area contributed by atoms with E-state index in [1.54, 1.807) is 12.3 Å². The van der Waals surface area contributed by atoms with Crippen molar-refractivity contribution in [3.8, 4) is 11.1 Å². The van der Waals surface area contributed by atoms with E-state index in [0.717, 1.165) is 60.5 Å². The molecule has 0 saturated heterocycles. The van der Waals surface area contributed by atoms with E-state index in [-0.39, 0.29) is 0 Å². The Kier molecular flexibility index (Phi) is 6.66. The van der Waals surface area contributed by atoms with E-state index in [4.69, 9.17) is 4.42 Å². The number of aromatic carboxylic acids is 1. The number of unbranched alkanes of at least 4 members (excludes halogenated alkanes) is 1. The number of benzene rings is 2. The third kappa shape index (κ3) is 4.90. The molecule has 4 heteroatoms. The zero-order valence-corrected chi connectivity index (χ0v) is 16.5. The molecule has 1 N–H and O–H groups in total. The maximum absolute atomic E-state index is 11.8. The first kappa shape index (κ1) is 19.9.